The van der Waals surface area contributed by atoms with Gasteiger partial charge in [-0.1, -0.05) is 0 Å². The van der Waals surface area contributed by atoms with Gasteiger partial charge in [-0.15, -0.1) is 0 Å². The molecule has 0 N–H and O–H groups in total. The van der Waals surface area contributed by atoms with Crippen LogP contribution in [-0.2, 0) is 32.9 Å². The second-order valence-electron chi connectivity index (χ2n) is 20.3. The molecule has 0 aliphatic carbocycles. The van der Waals surface area contributed by atoms with Crippen molar-refractivity contribution in [3.63, 3.8) is 0 Å². The van der Waals surface area contributed by atoms with Crippen molar-refractivity contribution < 1.29 is 32.9 Å². The molecule has 2 unspecified atom stereocenters. The Hall–Kier alpha value is 2.07. The van der Waals surface area contributed by atoms with Gasteiger partial charge >= 0.3 is 42.8 Å². The van der Waals surface area contributed by atoms with Gasteiger partial charge in [-0.25, -0.2) is 0 Å². The molecule has 0 aromatic carbocycles. The predicted molar refractivity (Wildman–Crippen MR) is 232 cm³/mol. The second-order valence-corrected chi connectivity index (χ2v) is 65.7. The molecule has 284 valence electrons. The predicted octanol–water partition coefficient (Wildman–Crippen LogP) is 11.1. The monoisotopic (exact) mass is 852 g/mol. The summed E-state index contributed by atoms with van der Waals surface area (Å²) < 4.78 is 55.2. The summed E-state index contributed by atoms with van der Waals surface area (Å²) in [6.45, 7) is 54.2. The first-order valence-electron chi connectivity index (χ1n) is 17.7. The molecular formula is C28H80O8Si11. The number of hydrogen-bond acceptors (Lipinski definition) is 8. The highest BCUT2D eigenvalue weighted by Crippen LogP contribution is 2.34. The molecule has 0 aromatic heterocycles. The fourth-order valence-electron chi connectivity index (χ4n) is 6.61. The fraction of sp³-hybridized carbons (Fsp3) is 1.00. The van der Waals surface area contributed by atoms with Crippen molar-refractivity contribution in [2.75, 3.05) is 0 Å². The van der Waals surface area contributed by atoms with Crippen LogP contribution in [0.5, 0.6) is 0 Å². The van der Waals surface area contributed by atoms with Crippen LogP contribution in [0, 0.1) is 0 Å². The van der Waals surface area contributed by atoms with Crippen molar-refractivity contribution in [3.8, 4) is 0 Å². The molecule has 0 amide bonds. The molecule has 0 saturated heterocycles. The van der Waals surface area contributed by atoms with Gasteiger partial charge in [0.05, 0.1) is 0 Å². The zero-order valence-electron chi connectivity index (χ0n) is 35.6. The highest BCUT2D eigenvalue weighted by atomic mass is 28.5. The van der Waals surface area contributed by atoms with E-state index in [0.29, 0.717) is 0 Å². The van der Waals surface area contributed by atoms with Gasteiger partial charge in [0.2, 0.25) is 0 Å². The maximum atomic E-state index is 7.09. The lowest BCUT2D eigenvalue weighted by Crippen LogP contribution is -2.58. The fourth-order valence-corrected chi connectivity index (χ4v) is 61.3. The number of hydrogen-bond donors (Lipinski definition) is 0. The maximum Gasteiger partial charge on any atom is 0.315 e. The molecule has 8 nitrogen and oxygen atoms in total. The molecule has 47 heavy (non-hydrogen) atoms. The lowest BCUT2D eigenvalue weighted by Gasteiger charge is -2.44. The summed E-state index contributed by atoms with van der Waals surface area (Å²) in [5.74, 6) is 0. The summed E-state index contributed by atoms with van der Waals surface area (Å²) in [4.78, 5) is 0. The topological polar surface area (TPSA) is 73.8 Å². The van der Waals surface area contributed by atoms with Gasteiger partial charge < -0.3 is 32.9 Å². The first-order valence-corrected chi connectivity index (χ1v) is 51.0. The molecule has 0 rings (SSSR count). The Bertz CT molecular complexity index is 911. The van der Waals surface area contributed by atoms with E-state index in [-0.39, 0.29) is 0 Å². The minimum atomic E-state index is -2.51. The third kappa shape index (κ3) is 24.9. The van der Waals surface area contributed by atoms with Crippen LogP contribution in [0.3, 0.4) is 0 Å². The highest BCUT2D eigenvalue weighted by molar-refractivity contribution is 6.93. The average Bonchev–Trinajstić information content (AvgIpc) is 2.61. The Labute approximate surface area is 305 Å². The second kappa shape index (κ2) is 16.6. The minimum absolute atomic E-state index is 0.918. The van der Waals surface area contributed by atoms with Gasteiger partial charge in [-0.2, -0.15) is 0 Å². The number of rotatable bonds is 22. The highest BCUT2D eigenvalue weighted by Gasteiger charge is 2.49. The molecule has 0 aromatic rings. The van der Waals surface area contributed by atoms with Gasteiger partial charge in [0.15, 0.2) is 49.9 Å². The van der Waals surface area contributed by atoms with Gasteiger partial charge in [-0.3, -0.25) is 0 Å². The zero-order valence-corrected chi connectivity index (χ0v) is 46.6. The van der Waals surface area contributed by atoms with Crippen LogP contribution in [0.25, 0.3) is 0 Å². The van der Waals surface area contributed by atoms with Gasteiger partial charge in [-0.05, 0) is 181 Å². The molecule has 0 aliphatic heterocycles. The smallest absolute Gasteiger partial charge is 0.315 e. The van der Waals surface area contributed by atoms with E-state index in [1.54, 1.807) is 0 Å². The molecular weight excluding hydrogens is 773 g/mol. The van der Waals surface area contributed by atoms with Crippen molar-refractivity contribution in [1.82, 2.24) is 0 Å². The Morgan fingerprint density at radius 3 is 0.660 bits per heavy atom. The summed E-state index contributed by atoms with van der Waals surface area (Å²) >= 11 is 0. The summed E-state index contributed by atoms with van der Waals surface area (Å²) in [7, 11) is -23.5. The van der Waals surface area contributed by atoms with Crippen LogP contribution in [0.4, 0.5) is 0 Å². The van der Waals surface area contributed by atoms with Crippen LogP contribution in [0.2, 0.25) is 181 Å². The summed E-state index contributed by atoms with van der Waals surface area (Å²) in [5.41, 5.74) is 0. The summed E-state index contributed by atoms with van der Waals surface area (Å²) in [5, 5.41) is 0. The Morgan fingerprint density at radius 1 is 0.234 bits per heavy atom. The van der Waals surface area contributed by atoms with E-state index >= 15 is 0 Å². The summed E-state index contributed by atoms with van der Waals surface area (Å²) in [6, 6.07) is 3.81. The molecule has 0 saturated carbocycles. The molecule has 2 atom stereocenters. The largest absolute Gasteiger partial charge is 0.437 e. The van der Waals surface area contributed by atoms with E-state index in [9.17, 15) is 0 Å². The average molecular weight is 854 g/mol. The Morgan fingerprint density at radius 2 is 0.447 bits per heavy atom. The summed E-state index contributed by atoms with van der Waals surface area (Å²) in [6.07, 6.45) is 0. The normalized spacial score (nSPS) is 17.9. The molecule has 0 aliphatic rings. The first-order chi connectivity index (χ1) is 20.1. The molecule has 0 spiro atoms. The van der Waals surface area contributed by atoms with Crippen LogP contribution in [0.1, 0.15) is 0 Å². The Kier molecular flexibility index (Phi) is 17.3. The van der Waals surface area contributed by atoms with Crippen LogP contribution < -0.4 is 0 Å². The van der Waals surface area contributed by atoms with Gasteiger partial charge in [0.1, 0.15) is 0 Å². The first kappa shape index (κ1) is 49.1. The third-order valence-electron chi connectivity index (χ3n) is 6.48. The SMILES string of the molecule is C[Si](C)(C)O[Si](C)(C)O[Si](C)(CC[Si](C)(C)O[Si](C)(C)O[Si](C)(C)CC[Si](C)(O[Si](C)(C)C)O[Si](C)(C)O[Si](C)(C)C)O[Si](C)(C)C. The van der Waals surface area contributed by atoms with Gasteiger partial charge in [0.25, 0.3) is 0 Å². The van der Waals surface area contributed by atoms with Crippen LogP contribution in [-0.4, -0.2) is 92.7 Å². The van der Waals surface area contributed by atoms with E-state index < -0.39 is 92.7 Å². The van der Waals surface area contributed by atoms with Crippen molar-refractivity contribution in [2.24, 2.45) is 0 Å². The molecule has 0 bridgehead atoms. The third-order valence-corrected chi connectivity index (χ3v) is 45.6. The van der Waals surface area contributed by atoms with Crippen LogP contribution in [0.15, 0.2) is 0 Å². The van der Waals surface area contributed by atoms with Crippen molar-refractivity contribution >= 4 is 92.7 Å². The Balaban J connectivity index is 5.81. The molecule has 0 heterocycles. The van der Waals surface area contributed by atoms with E-state index in [4.69, 9.17) is 32.9 Å². The lowest BCUT2D eigenvalue weighted by molar-refractivity contribution is 0.323. The van der Waals surface area contributed by atoms with Gasteiger partial charge in [0, 0.05) is 0 Å². The maximum absolute atomic E-state index is 7.09. The minimum Gasteiger partial charge on any atom is -0.437 e. The lowest BCUT2D eigenvalue weighted by atomic mass is 10.9. The van der Waals surface area contributed by atoms with Crippen molar-refractivity contribution in [1.29, 1.82) is 0 Å². The standard InChI is InChI=1S/C28H80O8Si11/c1-37(2,3)29-43(17,18)35-46(23,31-39(7,8)9)27-25-41(13,14)33-45(21,22)34-42(15,16)26-28-47(24,32-40(10,11)12)36-44(19,20)30-38(4,5)6/h25-28H2,1-24H3. The van der Waals surface area contributed by atoms with Crippen molar-refractivity contribution in [3.05, 3.63) is 0 Å². The van der Waals surface area contributed by atoms with Crippen molar-refractivity contribution in [2.45, 2.75) is 181 Å². The van der Waals surface area contributed by atoms with E-state index in [0.717, 1.165) is 24.2 Å². The van der Waals surface area contributed by atoms with E-state index in [1.165, 1.54) is 0 Å². The van der Waals surface area contributed by atoms with E-state index in [1.807, 2.05) is 0 Å². The van der Waals surface area contributed by atoms with E-state index in [2.05, 4.69) is 157 Å². The molecule has 0 radical (unpaired) electrons. The molecule has 19 heteroatoms. The quantitative estimate of drug-likeness (QED) is 0.0997. The molecule has 0 fully saturated rings. The zero-order chi connectivity index (χ0) is 38.0. The van der Waals surface area contributed by atoms with Crippen LogP contribution >= 0.6 is 0 Å².